The van der Waals surface area contributed by atoms with E-state index in [-0.39, 0.29) is 5.97 Å². The Morgan fingerprint density at radius 1 is 0.889 bits per heavy atom. The summed E-state index contributed by atoms with van der Waals surface area (Å²) < 4.78 is 11.3. The van der Waals surface area contributed by atoms with Crippen LogP contribution >= 0.6 is 0 Å². The average molecular weight is 356 g/mol. The van der Waals surface area contributed by atoms with Crippen LogP contribution in [0.5, 0.6) is 0 Å². The molecule has 134 valence electrons. The molecular formula is C24H20O3. The topological polar surface area (TPSA) is 39.4 Å². The Kier molecular flexibility index (Phi) is 4.51. The molecule has 0 unspecified atom stereocenters. The first kappa shape index (κ1) is 17.1. The first-order valence-electron chi connectivity index (χ1n) is 9.03. The number of fused-ring (bicyclic) bond motifs is 1. The molecule has 3 nitrogen and oxygen atoms in total. The van der Waals surface area contributed by atoms with E-state index in [1.54, 1.807) is 6.26 Å². The molecule has 0 spiro atoms. The van der Waals surface area contributed by atoms with E-state index in [1.807, 2.05) is 61.5 Å². The van der Waals surface area contributed by atoms with Gasteiger partial charge in [-0.05, 0) is 37.1 Å². The Labute approximate surface area is 158 Å². The second-order valence-electron chi connectivity index (χ2n) is 6.47. The molecule has 0 bridgehead atoms. The van der Waals surface area contributed by atoms with Crippen molar-refractivity contribution in [3.05, 3.63) is 84.1 Å². The van der Waals surface area contributed by atoms with Crippen molar-refractivity contribution in [1.29, 1.82) is 0 Å². The maximum Gasteiger partial charge on any atom is 0.338 e. The predicted molar refractivity (Wildman–Crippen MR) is 108 cm³/mol. The number of rotatable bonds is 4. The van der Waals surface area contributed by atoms with Crippen molar-refractivity contribution in [3.8, 4) is 22.3 Å². The zero-order valence-electron chi connectivity index (χ0n) is 15.4. The molecule has 1 heterocycles. The molecule has 1 aromatic heterocycles. The number of carbonyl (C=O) groups excluding carboxylic acids is 1. The Balaban J connectivity index is 1.99. The van der Waals surface area contributed by atoms with Crippen molar-refractivity contribution < 1.29 is 13.9 Å². The summed E-state index contributed by atoms with van der Waals surface area (Å²) in [6.07, 6.45) is 1.73. The van der Waals surface area contributed by atoms with E-state index in [4.69, 9.17) is 9.15 Å². The molecule has 4 rings (SSSR count). The fraction of sp³-hybridized carbons (Fsp3) is 0.125. The fourth-order valence-electron chi connectivity index (χ4n) is 3.32. The highest BCUT2D eigenvalue weighted by Gasteiger charge is 2.21. The van der Waals surface area contributed by atoms with Crippen LogP contribution in [0.2, 0.25) is 0 Å². The molecule has 0 N–H and O–H groups in total. The highest BCUT2D eigenvalue weighted by molar-refractivity contribution is 6.13. The largest absolute Gasteiger partial charge is 0.463 e. The Bertz CT molecular complexity index is 1090. The maximum atomic E-state index is 12.6. The molecular weight excluding hydrogens is 336 g/mol. The van der Waals surface area contributed by atoms with Gasteiger partial charge in [0.2, 0.25) is 0 Å². The minimum atomic E-state index is -0.336. The molecule has 3 heteroatoms. The van der Waals surface area contributed by atoms with E-state index >= 15 is 0 Å². The summed E-state index contributed by atoms with van der Waals surface area (Å²) in [6, 6.07) is 22.0. The van der Waals surface area contributed by atoms with E-state index < -0.39 is 0 Å². The van der Waals surface area contributed by atoms with Gasteiger partial charge in [0, 0.05) is 16.5 Å². The summed E-state index contributed by atoms with van der Waals surface area (Å²) in [6.45, 7) is 4.19. The molecule has 0 fully saturated rings. The molecule has 27 heavy (non-hydrogen) atoms. The molecule has 0 aliphatic carbocycles. The van der Waals surface area contributed by atoms with Crippen LogP contribution in [0.1, 0.15) is 22.8 Å². The SMILES string of the molecule is CCOC(=O)c1ccc(-c2ccccc2)c2occ(-c3ccc(C)cc3)c12. The van der Waals surface area contributed by atoms with E-state index in [9.17, 15) is 4.79 Å². The van der Waals surface area contributed by atoms with Crippen LogP contribution in [-0.2, 0) is 4.74 Å². The third kappa shape index (κ3) is 3.13. The summed E-state index contributed by atoms with van der Waals surface area (Å²) in [7, 11) is 0. The van der Waals surface area contributed by atoms with E-state index in [0.717, 1.165) is 27.6 Å². The lowest BCUT2D eigenvalue weighted by Gasteiger charge is -2.09. The Morgan fingerprint density at radius 3 is 2.30 bits per heavy atom. The first-order chi connectivity index (χ1) is 13.2. The van der Waals surface area contributed by atoms with Crippen molar-refractivity contribution in [2.24, 2.45) is 0 Å². The molecule has 0 aliphatic heterocycles. The monoisotopic (exact) mass is 356 g/mol. The molecule has 0 saturated heterocycles. The van der Waals surface area contributed by atoms with Gasteiger partial charge in [0.05, 0.1) is 18.4 Å². The maximum absolute atomic E-state index is 12.6. The molecule has 0 saturated carbocycles. The lowest BCUT2D eigenvalue weighted by atomic mass is 9.95. The first-order valence-corrected chi connectivity index (χ1v) is 9.03. The summed E-state index contributed by atoms with van der Waals surface area (Å²) in [4.78, 5) is 12.6. The third-order valence-corrected chi connectivity index (χ3v) is 4.66. The fourth-order valence-corrected chi connectivity index (χ4v) is 3.32. The van der Waals surface area contributed by atoms with Crippen LogP contribution in [0, 0.1) is 6.92 Å². The predicted octanol–water partition coefficient (Wildman–Crippen LogP) is 6.25. The number of aryl methyl sites for hydroxylation is 1. The van der Waals surface area contributed by atoms with Gasteiger partial charge >= 0.3 is 5.97 Å². The van der Waals surface area contributed by atoms with Crippen LogP contribution in [0.3, 0.4) is 0 Å². The van der Waals surface area contributed by atoms with Gasteiger partial charge < -0.3 is 9.15 Å². The molecule has 4 aromatic rings. The summed E-state index contributed by atoms with van der Waals surface area (Å²) >= 11 is 0. The van der Waals surface area contributed by atoms with Crippen LogP contribution in [0.15, 0.2) is 77.4 Å². The second kappa shape index (κ2) is 7.12. The number of hydrogen-bond donors (Lipinski definition) is 0. The van der Waals surface area contributed by atoms with Crippen molar-refractivity contribution >= 4 is 16.9 Å². The molecule has 0 aliphatic rings. The molecule has 3 aromatic carbocycles. The normalized spacial score (nSPS) is 10.9. The smallest absolute Gasteiger partial charge is 0.338 e. The second-order valence-corrected chi connectivity index (χ2v) is 6.47. The summed E-state index contributed by atoms with van der Waals surface area (Å²) in [5.41, 5.74) is 6.31. The van der Waals surface area contributed by atoms with Gasteiger partial charge in [-0.2, -0.15) is 0 Å². The third-order valence-electron chi connectivity index (χ3n) is 4.66. The highest BCUT2D eigenvalue weighted by atomic mass is 16.5. The van der Waals surface area contributed by atoms with Gasteiger partial charge in [-0.25, -0.2) is 4.79 Å². The number of ether oxygens (including phenoxy) is 1. The quantitative estimate of drug-likeness (QED) is 0.406. The number of esters is 1. The molecule has 0 amide bonds. The van der Waals surface area contributed by atoms with Crippen LogP contribution in [0.25, 0.3) is 33.2 Å². The van der Waals surface area contributed by atoms with Crippen molar-refractivity contribution in [2.75, 3.05) is 6.61 Å². The van der Waals surface area contributed by atoms with Gasteiger partial charge in [0.15, 0.2) is 0 Å². The van der Waals surface area contributed by atoms with Gasteiger partial charge in [-0.1, -0.05) is 60.2 Å². The molecule has 0 radical (unpaired) electrons. The summed E-state index contributed by atoms with van der Waals surface area (Å²) in [5, 5.41) is 0.790. The lowest BCUT2D eigenvalue weighted by molar-refractivity contribution is 0.0528. The van der Waals surface area contributed by atoms with E-state index in [0.29, 0.717) is 17.8 Å². The Hall–Kier alpha value is -3.33. The van der Waals surface area contributed by atoms with Crippen molar-refractivity contribution in [1.82, 2.24) is 0 Å². The Morgan fingerprint density at radius 2 is 1.59 bits per heavy atom. The zero-order valence-corrected chi connectivity index (χ0v) is 15.4. The number of furan rings is 1. The van der Waals surface area contributed by atoms with Crippen LogP contribution in [0.4, 0.5) is 0 Å². The standard InChI is InChI=1S/C24H20O3/c1-3-26-24(25)20-14-13-19(17-7-5-4-6-8-17)23-22(20)21(15-27-23)18-11-9-16(2)10-12-18/h4-15H,3H2,1-2H3. The van der Waals surface area contributed by atoms with Gasteiger partial charge in [-0.3, -0.25) is 0 Å². The molecule has 0 atom stereocenters. The van der Waals surface area contributed by atoms with Gasteiger partial charge in [-0.15, -0.1) is 0 Å². The van der Waals surface area contributed by atoms with E-state index in [1.165, 1.54) is 5.56 Å². The minimum absolute atomic E-state index is 0.332. The van der Waals surface area contributed by atoms with E-state index in [2.05, 4.69) is 19.1 Å². The summed E-state index contributed by atoms with van der Waals surface area (Å²) in [5.74, 6) is -0.336. The number of benzene rings is 3. The average Bonchev–Trinajstić information content (AvgIpc) is 3.14. The number of carbonyl (C=O) groups is 1. The van der Waals surface area contributed by atoms with Crippen LogP contribution in [-0.4, -0.2) is 12.6 Å². The van der Waals surface area contributed by atoms with Gasteiger partial charge in [0.1, 0.15) is 5.58 Å². The highest BCUT2D eigenvalue weighted by Crippen LogP contribution is 2.39. The number of hydrogen-bond acceptors (Lipinski definition) is 3. The van der Waals surface area contributed by atoms with Crippen LogP contribution < -0.4 is 0 Å². The van der Waals surface area contributed by atoms with Crippen molar-refractivity contribution in [3.63, 3.8) is 0 Å². The lowest BCUT2D eigenvalue weighted by Crippen LogP contribution is -2.05. The van der Waals surface area contributed by atoms with Gasteiger partial charge in [0.25, 0.3) is 0 Å². The minimum Gasteiger partial charge on any atom is -0.463 e. The van der Waals surface area contributed by atoms with Crippen molar-refractivity contribution in [2.45, 2.75) is 13.8 Å². The zero-order chi connectivity index (χ0) is 18.8.